The molecule has 100 valence electrons. The number of carbonyl (C=O) groups is 1. The third-order valence-electron chi connectivity index (χ3n) is 2.21. The highest BCUT2D eigenvalue weighted by atomic mass is 19.3. The number of benzene rings is 1. The Kier molecular flexibility index (Phi) is 6.24. The molecule has 0 aromatic heterocycles. The molecule has 0 saturated carbocycles. The lowest BCUT2D eigenvalue weighted by Gasteiger charge is -2.06. The molecule has 0 bridgehead atoms. The van der Waals surface area contributed by atoms with E-state index in [4.69, 9.17) is 10.5 Å². The Bertz CT molecular complexity index is 386. The third-order valence-corrected chi connectivity index (χ3v) is 2.21. The zero-order valence-electron chi connectivity index (χ0n) is 9.86. The number of amides is 1. The van der Waals surface area contributed by atoms with Crippen LogP contribution in [0.3, 0.4) is 0 Å². The van der Waals surface area contributed by atoms with Gasteiger partial charge in [-0.1, -0.05) is 12.1 Å². The van der Waals surface area contributed by atoms with Crippen LogP contribution < -0.4 is 11.1 Å². The molecule has 1 aromatic carbocycles. The van der Waals surface area contributed by atoms with Crippen molar-refractivity contribution in [1.29, 1.82) is 0 Å². The first kappa shape index (κ1) is 14.5. The number of alkyl halides is 2. The topological polar surface area (TPSA) is 64.4 Å². The lowest BCUT2D eigenvalue weighted by molar-refractivity contribution is 0.0187. The summed E-state index contributed by atoms with van der Waals surface area (Å²) in [5.74, 6) is -0.475. The van der Waals surface area contributed by atoms with E-state index < -0.39 is 18.9 Å². The number of ether oxygens (including phenoxy) is 1. The molecule has 0 heterocycles. The van der Waals surface area contributed by atoms with Crippen molar-refractivity contribution in [1.82, 2.24) is 5.32 Å². The monoisotopic (exact) mass is 258 g/mol. The van der Waals surface area contributed by atoms with Crippen molar-refractivity contribution >= 4 is 5.91 Å². The summed E-state index contributed by atoms with van der Waals surface area (Å²) >= 11 is 0. The first-order valence-corrected chi connectivity index (χ1v) is 5.55. The standard InChI is InChI=1S/C12H16F2N2O2/c13-11(14)8-18-5-4-16-7-9-2-1-3-10(6-9)12(15)17/h1-3,6,11,16H,4-5,7-8H2,(H2,15,17). The molecule has 18 heavy (non-hydrogen) atoms. The number of nitrogens with two attached hydrogens (primary N) is 1. The highest BCUT2D eigenvalue weighted by Gasteiger charge is 2.02. The van der Waals surface area contributed by atoms with Crippen LogP contribution in [0, 0.1) is 0 Å². The van der Waals surface area contributed by atoms with E-state index in [1.165, 1.54) is 0 Å². The van der Waals surface area contributed by atoms with Crippen LogP contribution in [0.5, 0.6) is 0 Å². The molecule has 0 atom stereocenters. The van der Waals surface area contributed by atoms with Crippen molar-refractivity contribution < 1.29 is 18.3 Å². The Morgan fingerprint density at radius 2 is 2.22 bits per heavy atom. The van der Waals surface area contributed by atoms with Gasteiger partial charge >= 0.3 is 0 Å². The zero-order chi connectivity index (χ0) is 13.4. The van der Waals surface area contributed by atoms with Crippen molar-refractivity contribution in [2.75, 3.05) is 19.8 Å². The molecule has 0 fully saturated rings. The van der Waals surface area contributed by atoms with Gasteiger partial charge in [0, 0.05) is 18.7 Å². The van der Waals surface area contributed by atoms with Gasteiger partial charge in [-0.2, -0.15) is 0 Å². The number of halogens is 2. The van der Waals surface area contributed by atoms with Crippen LogP contribution in [0.2, 0.25) is 0 Å². The average Bonchev–Trinajstić information content (AvgIpc) is 2.33. The fraction of sp³-hybridized carbons (Fsp3) is 0.417. The maximum atomic E-state index is 11.7. The molecule has 6 heteroatoms. The van der Waals surface area contributed by atoms with Gasteiger partial charge in [-0.15, -0.1) is 0 Å². The molecule has 1 rings (SSSR count). The Morgan fingerprint density at radius 1 is 1.44 bits per heavy atom. The number of carbonyl (C=O) groups excluding carboxylic acids is 1. The van der Waals surface area contributed by atoms with E-state index in [1.54, 1.807) is 18.2 Å². The van der Waals surface area contributed by atoms with Crippen LogP contribution in [0.1, 0.15) is 15.9 Å². The second-order valence-electron chi connectivity index (χ2n) is 3.71. The zero-order valence-corrected chi connectivity index (χ0v) is 9.86. The second-order valence-corrected chi connectivity index (χ2v) is 3.71. The van der Waals surface area contributed by atoms with E-state index in [0.717, 1.165) is 5.56 Å². The number of hydrogen-bond acceptors (Lipinski definition) is 3. The van der Waals surface area contributed by atoms with Crippen LogP contribution in [-0.4, -0.2) is 32.1 Å². The molecule has 1 amide bonds. The van der Waals surface area contributed by atoms with Gasteiger partial charge in [0.25, 0.3) is 6.43 Å². The minimum Gasteiger partial charge on any atom is -0.374 e. The van der Waals surface area contributed by atoms with Crippen molar-refractivity contribution in [3.05, 3.63) is 35.4 Å². The van der Waals surface area contributed by atoms with Gasteiger partial charge in [-0.25, -0.2) is 8.78 Å². The van der Waals surface area contributed by atoms with E-state index in [0.29, 0.717) is 18.7 Å². The molecule has 0 aliphatic heterocycles. The largest absolute Gasteiger partial charge is 0.374 e. The number of primary amides is 1. The van der Waals surface area contributed by atoms with Crippen LogP contribution in [0.25, 0.3) is 0 Å². The van der Waals surface area contributed by atoms with E-state index in [-0.39, 0.29) is 6.61 Å². The third kappa shape index (κ3) is 5.70. The summed E-state index contributed by atoms with van der Waals surface area (Å²) in [7, 11) is 0. The fourth-order valence-electron chi connectivity index (χ4n) is 1.38. The van der Waals surface area contributed by atoms with Crippen LogP contribution in [-0.2, 0) is 11.3 Å². The summed E-state index contributed by atoms with van der Waals surface area (Å²) < 4.78 is 28.2. The van der Waals surface area contributed by atoms with Crippen LogP contribution in [0.4, 0.5) is 8.78 Å². The summed E-state index contributed by atoms with van der Waals surface area (Å²) in [6.07, 6.45) is -2.43. The minimum absolute atomic E-state index is 0.222. The lowest BCUT2D eigenvalue weighted by atomic mass is 10.1. The molecular weight excluding hydrogens is 242 g/mol. The van der Waals surface area contributed by atoms with Gasteiger partial charge in [-0.05, 0) is 17.7 Å². The predicted octanol–water partition coefficient (Wildman–Crippen LogP) is 1.16. The molecule has 0 aliphatic carbocycles. The van der Waals surface area contributed by atoms with E-state index in [9.17, 15) is 13.6 Å². The summed E-state index contributed by atoms with van der Waals surface area (Å²) in [6.45, 7) is 0.672. The SMILES string of the molecule is NC(=O)c1cccc(CNCCOCC(F)F)c1. The number of nitrogens with one attached hydrogen (secondary N) is 1. The molecule has 0 saturated heterocycles. The van der Waals surface area contributed by atoms with Gasteiger partial charge in [0.05, 0.1) is 6.61 Å². The average molecular weight is 258 g/mol. The lowest BCUT2D eigenvalue weighted by Crippen LogP contribution is -2.21. The maximum absolute atomic E-state index is 11.7. The van der Waals surface area contributed by atoms with Crippen LogP contribution >= 0.6 is 0 Å². The van der Waals surface area contributed by atoms with Gasteiger partial charge in [-0.3, -0.25) is 4.79 Å². The van der Waals surface area contributed by atoms with Gasteiger partial charge in [0.1, 0.15) is 6.61 Å². The summed E-state index contributed by atoms with van der Waals surface area (Å²) in [4.78, 5) is 10.9. The molecule has 3 N–H and O–H groups in total. The summed E-state index contributed by atoms with van der Waals surface area (Å²) in [5, 5.41) is 3.02. The molecule has 0 spiro atoms. The smallest absolute Gasteiger partial charge is 0.261 e. The van der Waals surface area contributed by atoms with Crippen LogP contribution in [0.15, 0.2) is 24.3 Å². The first-order chi connectivity index (χ1) is 8.59. The number of rotatable bonds is 8. The van der Waals surface area contributed by atoms with Gasteiger partial charge in [0.15, 0.2) is 0 Å². The Hall–Kier alpha value is -1.53. The predicted molar refractivity (Wildman–Crippen MR) is 63.5 cm³/mol. The van der Waals surface area contributed by atoms with Crippen molar-refractivity contribution in [2.24, 2.45) is 5.73 Å². The number of hydrogen-bond donors (Lipinski definition) is 2. The van der Waals surface area contributed by atoms with Crippen molar-refractivity contribution in [2.45, 2.75) is 13.0 Å². The van der Waals surface area contributed by atoms with E-state index >= 15 is 0 Å². The van der Waals surface area contributed by atoms with Crippen molar-refractivity contribution in [3.8, 4) is 0 Å². The maximum Gasteiger partial charge on any atom is 0.261 e. The van der Waals surface area contributed by atoms with Gasteiger partial charge < -0.3 is 15.8 Å². The molecule has 0 aliphatic rings. The molecular formula is C12H16F2N2O2. The Labute approximate surface area is 104 Å². The summed E-state index contributed by atoms with van der Waals surface area (Å²) in [6, 6.07) is 6.91. The first-order valence-electron chi connectivity index (χ1n) is 5.55. The fourth-order valence-corrected chi connectivity index (χ4v) is 1.38. The normalized spacial score (nSPS) is 10.8. The second kappa shape index (κ2) is 7.73. The minimum atomic E-state index is -2.43. The van der Waals surface area contributed by atoms with Gasteiger partial charge in [0.2, 0.25) is 5.91 Å². The molecule has 4 nitrogen and oxygen atoms in total. The van der Waals surface area contributed by atoms with E-state index in [1.807, 2.05) is 6.07 Å². The highest BCUT2D eigenvalue weighted by molar-refractivity contribution is 5.92. The quantitative estimate of drug-likeness (QED) is 0.688. The Morgan fingerprint density at radius 3 is 2.89 bits per heavy atom. The molecule has 0 radical (unpaired) electrons. The molecule has 1 aromatic rings. The van der Waals surface area contributed by atoms with Crippen molar-refractivity contribution in [3.63, 3.8) is 0 Å². The Balaban J connectivity index is 2.23. The highest BCUT2D eigenvalue weighted by Crippen LogP contribution is 2.04. The summed E-state index contributed by atoms with van der Waals surface area (Å²) in [5.41, 5.74) is 6.51. The molecule has 0 unspecified atom stereocenters. The van der Waals surface area contributed by atoms with E-state index in [2.05, 4.69) is 5.32 Å².